The van der Waals surface area contributed by atoms with Crippen molar-refractivity contribution in [1.82, 2.24) is 14.8 Å². The van der Waals surface area contributed by atoms with Gasteiger partial charge in [-0.05, 0) is 23.8 Å². The molecule has 0 aliphatic carbocycles. The molecule has 1 aromatic heterocycles. The number of rotatable bonds is 5. The van der Waals surface area contributed by atoms with Crippen molar-refractivity contribution in [2.24, 2.45) is 0 Å². The Labute approximate surface area is 157 Å². The van der Waals surface area contributed by atoms with Crippen molar-refractivity contribution in [3.63, 3.8) is 0 Å². The van der Waals surface area contributed by atoms with Crippen molar-refractivity contribution in [3.05, 3.63) is 63.8 Å². The van der Waals surface area contributed by atoms with Gasteiger partial charge in [0.1, 0.15) is 5.82 Å². The fourth-order valence-electron chi connectivity index (χ4n) is 2.79. The number of halogens is 1. The number of methoxy groups -OCH3 is 1. The zero-order chi connectivity index (χ0) is 19.6. The molecule has 2 N–H and O–H groups in total. The van der Waals surface area contributed by atoms with E-state index in [1.807, 2.05) is 0 Å². The average molecular weight is 377 g/mol. The van der Waals surface area contributed by atoms with E-state index in [1.165, 1.54) is 23.8 Å². The topological polar surface area (TPSA) is 83.8 Å². The largest absolute Gasteiger partial charge is 0.503 e. The second-order valence-corrected chi connectivity index (χ2v) is 6.11. The fourth-order valence-corrected chi connectivity index (χ4v) is 2.79. The molecule has 0 amide bonds. The van der Waals surface area contributed by atoms with Crippen LogP contribution in [-0.4, -0.2) is 54.3 Å². The van der Waals surface area contributed by atoms with Crippen LogP contribution < -0.4 is 10.9 Å². The highest BCUT2D eigenvalue weighted by Crippen LogP contribution is 2.15. The number of ether oxygens (including phenoxy) is 1. The van der Waals surface area contributed by atoms with E-state index in [0.29, 0.717) is 24.1 Å². The number of benzene rings is 1. The van der Waals surface area contributed by atoms with E-state index >= 15 is 0 Å². The second kappa shape index (κ2) is 10.4. The van der Waals surface area contributed by atoms with E-state index in [-0.39, 0.29) is 18.1 Å². The number of nitrogens with zero attached hydrogens (tertiary/aromatic N) is 2. The smallest absolute Gasteiger partial charge is 0.293 e. The molecular weight excluding hydrogens is 353 g/mol. The summed E-state index contributed by atoms with van der Waals surface area (Å²) >= 11 is 0. The first kappa shape index (κ1) is 20.6. The quantitative estimate of drug-likeness (QED) is 0.755. The van der Waals surface area contributed by atoms with E-state index in [2.05, 4.69) is 15.0 Å². The first-order valence-corrected chi connectivity index (χ1v) is 8.60. The number of hydrogen-bond donors (Lipinski definition) is 2. The normalized spacial score (nSPS) is 14.1. The van der Waals surface area contributed by atoms with Crippen LogP contribution in [0.25, 0.3) is 0 Å². The van der Waals surface area contributed by atoms with Crippen molar-refractivity contribution >= 4 is 6.47 Å². The molecule has 3 rings (SSSR count). The number of carbonyl (C=O) groups excluding carboxylic acids is 1. The fraction of sp³-hybridized carbons (Fsp3) is 0.368. The lowest BCUT2D eigenvalue weighted by Crippen LogP contribution is -2.43. The molecule has 2 aromatic rings. The molecule has 0 saturated carbocycles. The van der Waals surface area contributed by atoms with Crippen LogP contribution in [-0.2, 0) is 22.6 Å². The third-order valence-corrected chi connectivity index (χ3v) is 4.17. The Balaban J connectivity index is 0.000000596. The van der Waals surface area contributed by atoms with Crippen LogP contribution in [0.2, 0.25) is 0 Å². The molecule has 7 nitrogen and oxygen atoms in total. The van der Waals surface area contributed by atoms with Gasteiger partial charge in [0, 0.05) is 44.5 Å². The highest BCUT2D eigenvalue weighted by molar-refractivity contribution is 5.36. The number of piperazine rings is 1. The summed E-state index contributed by atoms with van der Waals surface area (Å²) < 4.78 is 18.5. The van der Waals surface area contributed by atoms with Gasteiger partial charge in [-0.25, -0.2) is 4.39 Å². The van der Waals surface area contributed by atoms with E-state index in [1.54, 1.807) is 24.4 Å². The molecule has 1 saturated heterocycles. The molecule has 146 valence electrons. The SMILES string of the molecule is COC=O.O=c1c(O)c(CN2CCNCC2)ccn1Cc1cccc(F)c1. The van der Waals surface area contributed by atoms with Gasteiger partial charge in [-0.1, -0.05) is 12.1 Å². The molecule has 0 unspecified atom stereocenters. The molecule has 1 fully saturated rings. The second-order valence-electron chi connectivity index (χ2n) is 6.11. The third-order valence-electron chi connectivity index (χ3n) is 4.17. The van der Waals surface area contributed by atoms with Gasteiger partial charge in [0.05, 0.1) is 13.7 Å². The predicted molar refractivity (Wildman–Crippen MR) is 99.1 cm³/mol. The lowest BCUT2D eigenvalue weighted by Gasteiger charge is -2.27. The minimum atomic E-state index is -0.443. The maximum Gasteiger partial charge on any atom is 0.293 e. The van der Waals surface area contributed by atoms with Crippen LogP contribution >= 0.6 is 0 Å². The molecule has 0 radical (unpaired) electrons. The Morgan fingerprint density at radius 1 is 1.26 bits per heavy atom. The number of hydrogen-bond acceptors (Lipinski definition) is 6. The van der Waals surface area contributed by atoms with Gasteiger partial charge in [0.2, 0.25) is 0 Å². The zero-order valence-corrected chi connectivity index (χ0v) is 15.2. The number of pyridine rings is 1. The number of carbonyl (C=O) groups is 1. The highest BCUT2D eigenvalue weighted by Gasteiger charge is 2.15. The number of nitrogens with one attached hydrogen (secondary N) is 1. The van der Waals surface area contributed by atoms with E-state index in [9.17, 15) is 14.3 Å². The lowest BCUT2D eigenvalue weighted by atomic mass is 10.2. The Morgan fingerprint density at radius 2 is 1.96 bits per heavy atom. The third kappa shape index (κ3) is 6.19. The highest BCUT2D eigenvalue weighted by atomic mass is 19.1. The predicted octanol–water partition coefficient (Wildman–Crippen LogP) is 0.936. The van der Waals surface area contributed by atoms with Crippen molar-refractivity contribution in [1.29, 1.82) is 0 Å². The molecule has 1 aliphatic heterocycles. The molecule has 0 bridgehead atoms. The Morgan fingerprint density at radius 3 is 2.59 bits per heavy atom. The standard InChI is InChI=1S/C17H20FN3O2.C2H4O2/c18-15-3-1-2-13(10-15)11-21-7-4-14(16(22)17(21)23)12-20-8-5-19-6-9-20;1-4-2-3/h1-4,7,10,19,22H,5-6,8-9,11-12H2;2H,1H3. The Bertz CT molecular complexity index is 804. The summed E-state index contributed by atoms with van der Waals surface area (Å²) in [5.41, 5.74) is 0.871. The monoisotopic (exact) mass is 377 g/mol. The van der Waals surface area contributed by atoms with Crippen molar-refractivity contribution in [3.8, 4) is 5.75 Å². The summed E-state index contributed by atoms with van der Waals surface area (Å²) in [6, 6.07) is 7.87. The summed E-state index contributed by atoms with van der Waals surface area (Å²) in [6.07, 6.45) is 1.66. The van der Waals surface area contributed by atoms with Crippen molar-refractivity contribution < 1.29 is 19.0 Å². The Hall–Kier alpha value is -2.71. The van der Waals surface area contributed by atoms with Crippen molar-refractivity contribution in [2.45, 2.75) is 13.1 Å². The Kier molecular flexibility index (Phi) is 7.97. The summed E-state index contributed by atoms with van der Waals surface area (Å²) in [6.45, 7) is 4.79. The average Bonchev–Trinajstić information content (AvgIpc) is 2.69. The van der Waals surface area contributed by atoms with Crippen LogP contribution in [0.5, 0.6) is 5.75 Å². The molecule has 27 heavy (non-hydrogen) atoms. The molecular formula is C19H24FN3O4. The van der Waals surface area contributed by atoms with Crippen LogP contribution in [0, 0.1) is 5.82 Å². The van der Waals surface area contributed by atoms with Crippen LogP contribution in [0.1, 0.15) is 11.1 Å². The maximum atomic E-state index is 13.2. The maximum absolute atomic E-state index is 13.2. The van der Waals surface area contributed by atoms with Crippen LogP contribution in [0.3, 0.4) is 0 Å². The van der Waals surface area contributed by atoms with Gasteiger partial charge >= 0.3 is 0 Å². The molecule has 0 atom stereocenters. The number of aromatic nitrogens is 1. The van der Waals surface area contributed by atoms with Crippen LogP contribution in [0.4, 0.5) is 4.39 Å². The number of aromatic hydroxyl groups is 1. The van der Waals surface area contributed by atoms with E-state index in [4.69, 9.17) is 4.79 Å². The van der Waals surface area contributed by atoms with Gasteiger partial charge in [0.15, 0.2) is 5.75 Å². The van der Waals surface area contributed by atoms with Crippen LogP contribution in [0.15, 0.2) is 41.3 Å². The summed E-state index contributed by atoms with van der Waals surface area (Å²) in [7, 11) is 1.31. The summed E-state index contributed by atoms with van der Waals surface area (Å²) in [5.74, 6) is -0.558. The zero-order valence-electron chi connectivity index (χ0n) is 15.2. The van der Waals surface area contributed by atoms with Crippen molar-refractivity contribution in [2.75, 3.05) is 33.3 Å². The first-order valence-electron chi connectivity index (χ1n) is 8.60. The molecule has 1 aliphatic rings. The van der Waals surface area contributed by atoms with Gasteiger partial charge in [-0.15, -0.1) is 0 Å². The van der Waals surface area contributed by atoms with Gasteiger partial charge in [0.25, 0.3) is 12.0 Å². The lowest BCUT2D eigenvalue weighted by molar-refractivity contribution is -0.126. The van der Waals surface area contributed by atoms with E-state index in [0.717, 1.165) is 26.2 Å². The first-order chi connectivity index (χ1) is 13.0. The molecule has 8 heteroatoms. The summed E-state index contributed by atoms with van der Waals surface area (Å²) in [5, 5.41) is 13.5. The van der Waals surface area contributed by atoms with Gasteiger partial charge in [-0.3, -0.25) is 14.5 Å². The molecule has 2 heterocycles. The minimum Gasteiger partial charge on any atom is -0.503 e. The minimum absolute atomic E-state index is 0.220. The molecule has 0 spiro atoms. The van der Waals surface area contributed by atoms with E-state index < -0.39 is 5.56 Å². The molecule has 1 aromatic carbocycles. The van der Waals surface area contributed by atoms with Gasteiger partial charge < -0.3 is 19.7 Å². The van der Waals surface area contributed by atoms with Gasteiger partial charge in [-0.2, -0.15) is 0 Å². The summed E-state index contributed by atoms with van der Waals surface area (Å²) in [4.78, 5) is 23.5.